The van der Waals surface area contributed by atoms with Gasteiger partial charge in [-0.25, -0.2) is 0 Å². The number of aliphatic hydroxyl groups excluding tert-OH is 1. The van der Waals surface area contributed by atoms with Crippen molar-refractivity contribution in [2.75, 3.05) is 6.54 Å². The molecule has 0 saturated carbocycles. The monoisotopic (exact) mass is 571 g/mol. The Kier molecular flexibility index (Phi) is 13.6. The molecule has 2 heterocycles. The number of hydrogen-bond donors (Lipinski definition) is 6. The topological polar surface area (TPSA) is 165 Å². The molecule has 0 bridgehead atoms. The van der Waals surface area contributed by atoms with Crippen molar-refractivity contribution < 1.29 is 33.8 Å². The van der Waals surface area contributed by atoms with E-state index < -0.39 is 36.8 Å². The number of carbonyl (C=O) groups is 3. The molecule has 3 amide bonds. The summed E-state index contributed by atoms with van der Waals surface area (Å²) in [5, 5.41) is 18.9. The zero-order valence-electron chi connectivity index (χ0n) is 23.9. The number of unbranched alkanes of at least 4 members (excludes halogenated alkanes) is 4. The van der Waals surface area contributed by atoms with E-state index in [0.717, 1.165) is 44.9 Å². The van der Waals surface area contributed by atoms with Gasteiger partial charge in [0.05, 0.1) is 11.5 Å². The minimum absolute atomic E-state index is 0.0527. The van der Waals surface area contributed by atoms with Gasteiger partial charge in [0.2, 0.25) is 17.7 Å². The molecule has 39 heavy (non-hydrogen) atoms. The molecule has 2 unspecified atom stereocenters. The number of aliphatic hydroxyl groups is 1. The fourth-order valence-electron chi connectivity index (χ4n) is 5.66. The van der Waals surface area contributed by atoms with E-state index in [4.69, 9.17) is 0 Å². The van der Waals surface area contributed by atoms with Crippen molar-refractivity contribution in [3.63, 3.8) is 0 Å². The fraction of sp³-hybridized carbons (Fsp3) is 0.821. The van der Waals surface area contributed by atoms with E-state index in [9.17, 15) is 33.8 Å². The van der Waals surface area contributed by atoms with Gasteiger partial charge in [0.15, 0.2) is 5.85 Å². The lowest BCUT2D eigenvalue weighted by Crippen LogP contribution is -2.55. The van der Waals surface area contributed by atoms with Gasteiger partial charge in [-0.15, -0.1) is 0 Å². The summed E-state index contributed by atoms with van der Waals surface area (Å²) in [5.74, 6) is -3.44. The molecule has 5 atom stereocenters. The van der Waals surface area contributed by atoms with Gasteiger partial charge >= 0.3 is 7.60 Å². The van der Waals surface area contributed by atoms with Crippen molar-refractivity contribution in [1.82, 2.24) is 16.0 Å². The first-order chi connectivity index (χ1) is 18.4. The van der Waals surface area contributed by atoms with Crippen molar-refractivity contribution in [3.8, 4) is 0 Å². The van der Waals surface area contributed by atoms with Crippen LogP contribution in [0.25, 0.3) is 0 Å². The predicted octanol–water partition coefficient (Wildman–Crippen LogP) is 3.50. The predicted molar refractivity (Wildman–Crippen MR) is 151 cm³/mol. The molecule has 10 nitrogen and oxygen atoms in total. The van der Waals surface area contributed by atoms with Crippen LogP contribution in [0, 0.1) is 17.3 Å². The van der Waals surface area contributed by atoms with Crippen LogP contribution >= 0.6 is 7.60 Å². The van der Waals surface area contributed by atoms with Gasteiger partial charge in [-0.3, -0.25) is 18.9 Å². The molecular weight excluding hydrogens is 521 g/mol. The van der Waals surface area contributed by atoms with Crippen molar-refractivity contribution in [1.29, 1.82) is 0 Å². The summed E-state index contributed by atoms with van der Waals surface area (Å²) in [7, 11) is -5.02. The highest BCUT2D eigenvalue weighted by Crippen LogP contribution is 2.45. The zero-order valence-corrected chi connectivity index (χ0v) is 24.8. The lowest BCUT2D eigenvalue weighted by Gasteiger charge is -2.34. The molecule has 0 aromatic heterocycles. The molecule has 1 saturated heterocycles. The van der Waals surface area contributed by atoms with E-state index in [-0.39, 0.29) is 30.1 Å². The molecule has 2 aliphatic rings. The van der Waals surface area contributed by atoms with Crippen LogP contribution in [-0.2, 0) is 18.9 Å². The minimum atomic E-state index is -5.02. The fourth-order valence-corrected chi connectivity index (χ4v) is 6.31. The molecule has 0 aliphatic carbocycles. The maximum atomic E-state index is 13.5. The molecule has 0 aromatic carbocycles. The normalized spacial score (nSPS) is 28.5. The van der Waals surface area contributed by atoms with Gasteiger partial charge in [-0.1, -0.05) is 65.0 Å². The highest BCUT2D eigenvalue weighted by atomic mass is 31.2. The Balaban J connectivity index is 2.36. The molecule has 11 heteroatoms. The smallest absolute Gasteiger partial charge is 0.355 e. The summed E-state index contributed by atoms with van der Waals surface area (Å²) < 4.78 is 12.1. The number of allylic oxidation sites excluding steroid dienone is 2. The Morgan fingerprint density at radius 1 is 1.05 bits per heavy atom. The minimum Gasteiger partial charge on any atom is -0.379 e. The maximum absolute atomic E-state index is 13.5. The molecule has 2 aliphatic heterocycles. The van der Waals surface area contributed by atoms with Crippen molar-refractivity contribution in [2.24, 2.45) is 17.3 Å². The van der Waals surface area contributed by atoms with E-state index in [2.05, 4.69) is 22.9 Å². The first-order valence-corrected chi connectivity index (χ1v) is 16.3. The lowest BCUT2D eigenvalue weighted by molar-refractivity contribution is -0.133. The summed E-state index contributed by atoms with van der Waals surface area (Å²) in [6.07, 6.45) is 13.2. The van der Waals surface area contributed by atoms with Gasteiger partial charge in [-0.2, -0.15) is 0 Å². The summed E-state index contributed by atoms with van der Waals surface area (Å²) in [4.78, 5) is 59.4. The quantitative estimate of drug-likeness (QED) is 0.133. The first-order valence-electron chi connectivity index (χ1n) is 14.7. The third-order valence-corrected chi connectivity index (χ3v) is 9.03. The van der Waals surface area contributed by atoms with E-state index >= 15 is 0 Å². The Labute approximate surface area is 233 Å². The Morgan fingerprint density at radius 3 is 2.38 bits per heavy atom. The van der Waals surface area contributed by atoms with E-state index in [1.807, 2.05) is 26.0 Å². The summed E-state index contributed by atoms with van der Waals surface area (Å²) >= 11 is 0. The van der Waals surface area contributed by atoms with Gasteiger partial charge < -0.3 is 30.8 Å². The van der Waals surface area contributed by atoms with Crippen LogP contribution in [0.4, 0.5) is 0 Å². The standard InChI is InChI=1S/C28H50N3O7P/c1-4-5-6-7-10-13-21-14-11-8-9-12-15-28(16-17-29-27(28)35)19-23(26(34)39(36,37)38)31-25(33)22(18-20(2)3)30-24(21)32/h9,12,20-23,26,34H,4-8,10-11,13-19H2,1-3H3,(H,29,35)(H,30,32)(H,31,33)(H2,36,37,38)/t21?,22-,23-,26+,28?/m0/s1. The Morgan fingerprint density at radius 2 is 1.77 bits per heavy atom. The number of nitrogens with one attached hydrogen (secondary N) is 3. The largest absolute Gasteiger partial charge is 0.379 e. The van der Waals surface area contributed by atoms with Gasteiger partial charge in [-0.05, 0) is 57.3 Å². The molecule has 2 rings (SSSR count). The van der Waals surface area contributed by atoms with Crippen molar-refractivity contribution in [2.45, 2.75) is 122 Å². The van der Waals surface area contributed by atoms with E-state index in [0.29, 0.717) is 32.2 Å². The SMILES string of the molecule is CCCCCCCC1CCCC=CCC2(CCNC2=O)C[C@@H]([C@H](O)P(=O)(O)O)NC(=O)[C@H](CC(C)C)NC1=O. The van der Waals surface area contributed by atoms with Crippen LogP contribution in [0.3, 0.4) is 0 Å². The first kappa shape index (κ1) is 33.5. The highest BCUT2D eigenvalue weighted by molar-refractivity contribution is 7.52. The molecule has 1 fully saturated rings. The van der Waals surface area contributed by atoms with Gasteiger partial charge in [0.25, 0.3) is 0 Å². The van der Waals surface area contributed by atoms with Crippen LogP contribution in [-0.4, -0.2) is 57.1 Å². The second kappa shape index (κ2) is 15.9. The summed E-state index contributed by atoms with van der Waals surface area (Å²) in [6.45, 7) is 6.41. The molecule has 1 spiro atoms. The van der Waals surface area contributed by atoms with Crippen molar-refractivity contribution in [3.05, 3.63) is 12.2 Å². The number of hydrogen-bond acceptors (Lipinski definition) is 5. The molecular formula is C28H50N3O7P. The van der Waals surface area contributed by atoms with Crippen molar-refractivity contribution >= 4 is 25.3 Å². The average molecular weight is 572 g/mol. The van der Waals surface area contributed by atoms with Crippen LogP contribution in [0.1, 0.15) is 104 Å². The average Bonchev–Trinajstić information content (AvgIpc) is 3.21. The van der Waals surface area contributed by atoms with Crippen LogP contribution < -0.4 is 16.0 Å². The number of carbonyl (C=O) groups excluding carboxylic acids is 3. The summed E-state index contributed by atoms with van der Waals surface area (Å²) in [5.41, 5.74) is -1.01. The number of rotatable bonds is 10. The molecule has 224 valence electrons. The molecule has 0 aromatic rings. The van der Waals surface area contributed by atoms with Gasteiger partial charge in [0, 0.05) is 12.5 Å². The van der Waals surface area contributed by atoms with Gasteiger partial charge in [0.1, 0.15) is 6.04 Å². The summed E-state index contributed by atoms with van der Waals surface area (Å²) in [6, 6.07) is -2.30. The van der Waals surface area contributed by atoms with Crippen LogP contribution in [0.2, 0.25) is 0 Å². The van der Waals surface area contributed by atoms with Crippen LogP contribution in [0.15, 0.2) is 12.2 Å². The second-order valence-electron chi connectivity index (χ2n) is 11.8. The van der Waals surface area contributed by atoms with Crippen LogP contribution in [0.5, 0.6) is 0 Å². The van der Waals surface area contributed by atoms with E-state index in [1.165, 1.54) is 6.42 Å². The Hall–Kier alpha value is -1.74. The zero-order chi connectivity index (χ0) is 29.1. The lowest BCUT2D eigenvalue weighted by atomic mass is 9.77. The molecule has 0 radical (unpaired) electrons. The highest BCUT2D eigenvalue weighted by Gasteiger charge is 2.47. The third-order valence-electron chi connectivity index (χ3n) is 7.98. The number of amides is 3. The third kappa shape index (κ3) is 10.6. The molecule has 6 N–H and O–H groups in total. The Bertz CT molecular complexity index is 890. The second-order valence-corrected chi connectivity index (χ2v) is 13.5. The van der Waals surface area contributed by atoms with E-state index in [1.54, 1.807) is 0 Å². The maximum Gasteiger partial charge on any atom is 0.355 e.